The number of nitrogens with one attached hydrogen (secondary N) is 5. The molecule has 11 nitrogen and oxygen atoms in total. The smallest absolute Gasteiger partial charge is 0.229 e. The lowest BCUT2D eigenvalue weighted by Crippen LogP contribution is -2.67. The Morgan fingerprint density at radius 2 is 1.79 bits per heavy atom. The van der Waals surface area contributed by atoms with Crippen molar-refractivity contribution in [2.75, 3.05) is 52.5 Å². The highest BCUT2D eigenvalue weighted by atomic mass is 19.1. The minimum absolute atomic E-state index is 0.0442. The van der Waals surface area contributed by atoms with Crippen LogP contribution in [0.1, 0.15) is 12.8 Å². The van der Waals surface area contributed by atoms with E-state index >= 15 is 4.39 Å². The maximum absolute atomic E-state index is 15.1. The first-order valence-corrected chi connectivity index (χ1v) is 12.3. The zero-order chi connectivity index (χ0) is 23.8. The summed E-state index contributed by atoms with van der Waals surface area (Å²) < 4.78 is 34.0. The summed E-state index contributed by atoms with van der Waals surface area (Å²) >= 11 is 0. The molecule has 7 atom stereocenters. The molecule has 5 rings (SSSR count). The van der Waals surface area contributed by atoms with Crippen LogP contribution in [0.3, 0.4) is 0 Å². The van der Waals surface area contributed by atoms with Crippen LogP contribution in [0.4, 0.5) is 8.78 Å². The van der Waals surface area contributed by atoms with Crippen molar-refractivity contribution in [3.8, 4) is 0 Å². The minimum atomic E-state index is -1.15. The van der Waals surface area contributed by atoms with Crippen molar-refractivity contribution >= 4 is 11.8 Å². The van der Waals surface area contributed by atoms with Crippen molar-refractivity contribution in [2.24, 2.45) is 17.6 Å². The van der Waals surface area contributed by atoms with Gasteiger partial charge in [-0.3, -0.25) is 19.8 Å². The van der Waals surface area contributed by atoms with E-state index in [-0.39, 0.29) is 43.4 Å². The van der Waals surface area contributed by atoms with Gasteiger partial charge in [-0.2, -0.15) is 0 Å². The number of nitrogens with two attached hydrogens (primary N) is 1. The number of nitrogens with zero attached hydrogens (tertiary/aromatic N) is 2. The van der Waals surface area contributed by atoms with Gasteiger partial charge in [-0.25, -0.2) is 19.2 Å². The lowest BCUT2D eigenvalue weighted by Gasteiger charge is -2.45. The quantitative estimate of drug-likeness (QED) is 0.240. The number of likely N-dealkylation sites (tertiary alicyclic amines) is 1. The van der Waals surface area contributed by atoms with Gasteiger partial charge in [0.1, 0.15) is 12.3 Å². The zero-order valence-electron chi connectivity index (χ0n) is 19.2. The van der Waals surface area contributed by atoms with Gasteiger partial charge in [0.2, 0.25) is 11.8 Å². The van der Waals surface area contributed by atoms with Crippen LogP contribution in [0.5, 0.6) is 0 Å². The molecule has 0 saturated carbocycles. The number of rotatable bonds is 5. The molecule has 5 aliphatic heterocycles. The molecule has 5 saturated heterocycles. The van der Waals surface area contributed by atoms with Crippen LogP contribution in [0.25, 0.3) is 0 Å². The van der Waals surface area contributed by atoms with E-state index in [1.165, 1.54) is 0 Å². The summed E-state index contributed by atoms with van der Waals surface area (Å²) in [5, 5.41) is 13.8. The third kappa shape index (κ3) is 4.92. The number of fused-ring (bicyclic) bond motifs is 1. The molecule has 5 aliphatic rings. The van der Waals surface area contributed by atoms with E-state index in [9.17, 15) is 14.0 Å². The standard InChI is InChI=1S/C21H36F2N8O3/c22-12-5-26-19-16(18(24)29-31(19)8-12)21(33)28-15-7-25-6-14(23)17(15)30-3-1-11(2-4-30)20(32)27-13-9-34-10-13/h11-19,25-26,29H,1-10,24H2,(H,27,32)(H,28,33). The summed E-state index contributed by atoms with van der Waals surface area (Å²) in [4.78, 5) is 27.8. The number of carbonyl (C=O) groups excluding carboxylic acids is 2. The number of alkyl halides is 2. The molecule has 0 aromatic rings. The van der Waals surface area contributed by atoms with Crippen LogP contribution in [-0.4, -0.2) is 117 Å². The van der Waals surface area contributed by atoms with E-state index in [1.54, 1.807) is 5.01 Å². The summed E-state index contributed by atoms with van der Waals surface area (Å²) in [6, 6.07) is -0.815. The van der Waals surface area contributed by atoms with Crippen molar-refractivity contribution in [3.05, 3.63) is 0 Å². The molecule has 7 N–H and O–H groups in total. The molecule has 0 aromatic heterocycles. The normalized spacial score (nSPS) is 40.4. The second-order valence-electron chi connectivity index (χ2n) is 10.1. The maximum atomic E-state index is 15.1. The molecule has 5 fully saturated rings. The van der Waals surface area contributed by atoms with Crippen LogP contribution < -0.4 is 32.4 Å². The van der Waals surface area contributed by atoms with Gasteiger partial charge >= 0.3 is 0 Å². The second-order valence-corrected chi connectivity index (χ2v) is 10.1. The fraction of sp³-hybridized carbons (Fsp3) is 0.905. The number of hydrogen-bond donors (Lipinski definition) is 6. The molecule has 192 valence electrons. The summed E-state index contributed by atoms with van der Waals surface area (Å²) in [6.07, 6.45) is -1.95. The lowest BCUT2D eigenvalue weighted by molar-refractivity contribution is -0.131. The van der Waals surface area contributed by atoms with Gasteiger partial charge in [-0.05, 0) is 25.9 Å². The van der Waals surface area contributed by atoms with Crippen molar-refractivity contribution < 1.29 is 23.1 Å². The molecule has 0 aromatic carbocycles. The number of piperidine rings is 2. The maximum Gasteiger partial charge on any atom is 0.229 e. The van der Waals surface area contributed by atoms with Crippen molar-refractivity contribution in [1.82, 2.24) is 36.6 Å². The molecule has 7 unspecified atom stereocenters. The average Bonchev–Trinajstić information content (AvgIpc) is 3.11. The number of hydrazine groups is 1. The van der Waals surface area contributed by atoms with Gasteiger partial charge in [-0.1, -0.05) is 0 Å². The molecular formula is C21H36F2N8O3. The van der Waals surface area contributed by atoms with Gasteiger partial charge in [0.15, 0.2) is 0 Å². The highest BCUT2D eigenvalue weighted by Gasteiger charge is 2.48. The Balaban J connectivity index is 1.19. The van der Waals surface area contributed by atoms with Crippen LogP contribution >= 0.6 is 0 Å². The van der Waals surface area contributed by atoms with Crippen molar-refractivity contribution in [2.45, 2.75) is 55.6 Å². The molecule has 2 amide bonds. The minimum Gasteiger partial charge on any atom is -0.377 e. The molecular weight excluding hydrogens is 450 g/mol. The number of halogens is 2. The van der Waals surface area contributed by atoms with Gasteiger partial charge < -0.3 is 26.4 Å². The Morgan fingerprint density at radius 3 is 2.50 bits per heavy atom. The summed E-state index contributed by atoms with van der Waals surface area (Å²) in [6.45, 7) is 3.30. The van der Waals surface area contributed by atoms with Gasteiger partial charge in [0, 0.05) is 32.1 Å². The van der Waals surface area contributed by atoms with E-state index in [2.05, 4.69) is 31.6 Å². The van der Waals surface area contributed by atoms with Crippen LogP contribution in [-0.2, 0) is 14.3 Å². The molecule has 0 aliphatic carbocycles. The SMILES string of the molecule is NC1NN2CC(F)CNC2C1C(=O)NC1CNCC(F)C1N1CCC(C(=O)NC2COC2)CC1. The summed E-state index contributed by atoms with van der Waals surface area (Å²) in [5.74, 6) is -0.948. The number of carbonyl (C=O) groups is 2. The monoisotopic (exact) mass is 486 g/mol. The first-order valence-electron chi connectivity index (χ1n) is 12.3. The van der Waals surface area contributed by atoms with Gasteiger partial charge in [0.05, 0.1) is 49.6 Å². The first kappa shape index (κ1) is 24.2. The first-order chi connectivity index (χ1) is 16.4. The largest absolute Gasteiger partial charge is 0.377 e. The van der Waals surface area contributed by atoms with E-state index in [4.69, 9.17) is 10.5 Å². The highest BCUT2D eigenvalue weighted by Crippen LogP contribution is 2.26. The topological polar surface area (TPSA) is 136 Å². The lowest BCUT2D eigenvalue weighted by atomic mass is 9.90. The molecule has 0 bridgehead atoms. The molecule has 0 spiro atoms. The Labute approximate surface area is 197 Å². The Kier molecular flexibility index (Phi) is 7.30. The predicted octanol–water partition coefficient (Wildman–Crippen LogP) is -3.00. The van der Waals surface area contributed by atoms with Crippen LogP contribution in [0.2, 0.25) is 0 Å². The zero-order valence-corrected chi connectivity index (χ0v) is 19.2. The third-order valence-electron chi connectivity index (χ3n) is 7.74. The number of ether oxygens (including phenoxy) is 1. The van der Waals surface area contributed by atoms with Crippen LogP contribution in [0, 0.1) is 11.8 Å². The molecule has 0 radical (unpaired) electrons. The number of hydrogen-bond acceptors (Lipinski definition) is 9. The van der Waals surface area contributed by atoms with Crippen molar-refractivity contribution in [1.29, 1.82) is 0 Å². The van der Waals surface area contributed by atoms with E-state index in [0.717, 1.165) is 0 Å². The number of amides is 2. The molecule has 5 heterocycles. The van der Waals surface area contributed by atoms with E-state index < -0.39 is 42.7 Å². The van der Waals surface area contributed by atoms with Gasteiger partial charge in [-0.15, -0.1) is 0 Å². The van der Waals surface area contributed by atoms with E-state index in [1.807, 2.05) is 0 Å². The molecule has 34 heavy (non-hydrogen) atoms. The Bertz CT molecular complexity index is 754. The Hall–Kier alpha value is -1.48. The summed E-state index contributed by atoms with van der Waals surface area (Å²) in [5.41, 5.74) is 9.14. The predicted molar refractivity (Wildman–Crippen MR) is 119 cm³/mol. The van der Waals surface area contributed by atoms with E-state index in [0.29, 0.717) is 45.7 Å². The molecule has 13 heteroatoms. The highest BCUT2D eigenvalue weighted by molar-refractivity contribution is 5.81. The van der Waals surface area contributed by atoms with Crippen LogP contribution in [0.15, 0.2) is 0 Å². The summed E-state index contributed by atoms with van der Waals surface area (Å²) in [7, 11) is 0. The van der Waals surface area contributed by atoms with Crippen molar-refractivity contribution in [3.63, 3.8) is 0 Å². The fourth-order valence-corrected chi connectivity index (χ4v) is 5.85. The fourth-order valence-electron chi connectivity index (χ4n) is 5.85. The Morgan fingerprint density at radius 1 is 1.03 bits per heavy atom. The average molecular weight is 487 g/mol. The van der Waals surface area contributed by atoms with Gasteiger partial charge in [0.25, 0.3) is 0 Å². The third-order valence-corrected chi connectivity index (χ3v) is 7.74. The second kappa shape index (κ2) is 10.2.